The van der Waals surface area contributed by atoms with Gasteiger partial charge in [0.2, 0.25) is 6.79 Å². The highest BCUT2D eigenvalue weighted by atomic mass is 16.7. The van der Waals surface area contributed by atoms with E-state index >= 15 is 0 Å². The number of para-hydroxylation sites is 2. The first kappa shape index (κ1) is 20.7. The van der Waals surface area contributed by atoms with Crippen molar-refractivity contribution in [2.45, 2.75) is 20.0 Å². The molecule has 5 rings (SSSR count). The molecule has 1 atom stereocenters. The number of carbonyl (C=O) groups is 2. The van der Waals surface area contributed by atoms with Crippen LogP contribution < -0.4 is 24.8 Å². The number of hydrogen-bond donors (Lipinski definition) is 1. The number of ether oxygens (including phenoxy) is 3. The molecule has 0 aliphatic carbocycles. The van der Waals surface area contributed by atoms with E-state index in [0.29, 0.717) is 17.2 Å². The van der Waals surface area contributed by atoms with E-state index in [9.17, 15) is 9.59 Å². The number of carbonyl (C=O) groups excluding carboxylic acids is 2. The summed E-state index contributed by atoms with van der Waals surface area (Å²) in [6.07, 6.45) is 2.39. The molecule has 1 unspecified atom stereocenters. The van der Waals surface area contributed by atoms with E-state index in [1.807, 2.05) is 44.2 Å². The monoisotopic (exact) mass is 445 g/mol. The standard InChI is InChI=1S/C25H23N3O5/c1-15-11-17(16(2)28(15)18-8-9-21-22(12-18)32-14-31-21)7-10-24(29)27-13-23(25(26)30)33-20-6-4-3-5-19(20)27/h3-12,23H,13-14H2,1-2H3,(H2,26,30). The van der Waals surface area contributed by atoms with Crippen molar-refractivity contribution in [1.29, 1.82) is 0 Å². The molecule has 2 aliphatic rings. The topological polar surface area (TPSA) is 96.0 Å². The Balaban J connectivity index is 1.43. The molecule has 0 radical (unpaired) electrons. The molecule has 0 saturated heterocycles. The van der Waals surface area contributed by atoms with E-state index in [-0.39, 0.29) is 19.2 Å². The predicted molar refractivity (Wildman–Crippen MR) is 123 cm³/mol. The van der Waals surface area contributed by atoms with E-state index in [1.54, 1.807) is 24.3 Å². The molecule has 2 aromatic carbocycles. The molecule has 3 aromatic rings. The van der Waals surface area contributed by atoms with Crippen LogP contribution in [-0.4, -0.2) is 35.8 Å². The second kappa shape index (κ2) is 8.05. The van der Waals surface area contributed by atoms with Gasteiger partial charge in [0.15, 0.2) is 17.6 Å². The quantitative estimate of drug-likeness (QED) is 0.623. The number of amides is 2. The summed E-state index contributed by atoms with van der Waals surface area (Å²) in [7, 11) is 0. The summed E-state index contributed by atoms with van der Waals surface area (Å²) in [6, 6.07) is 14.9. The zero-order chi connectivity index (χ0) is 23.1. The van der Waals surface area contributed by atoms with E-state index < -0.39 is 12.0 Å². The molecular weight excluding hydrogens is 422 g/mol. The summed E-state index contributed by atoms with van der Waals surface area (Å²) in [5.41, 5.74) is 9.90. The van der Waals surface area contributed by atoms with Gasteiger partial charge in [-0.3, -0.25) is 9.59 Å². The number of rotatable bonds is 4. The number of hydrogen-bond acceptors (Lipinski definition) is 5. The van der Waals surface area contributed by atoms with Gasteiger partial charge in [-0.25, -0.2) is 0 Å². The van der Waals surface area contributed by atoms with Crippen LogP contribution in [-0.2, 0) is 9.59 Å². The lowest BCUT2D eigenvalue weighted by Gasteiger charge is -2.32. The maximum absolute atomic E-state index is 13.1. The molecule has 0 spiro atoms. The maximum Gasteiger partial charge on any atom is 0.260 e. The van der Waals surface area contributed by atoms with Gasteiger partial charge in [-0.1, -0.05) is 12.1 Å². The normalized spacial score (nSPS) is 16.5. The van der Waals surface area contributed by atoms with Crippen molar-refractivity contribution in [2.24, 2.45) is 5.73 Å². The fraction of sp³-hybridized carbons (Fsp3) is 0.200. The number of benzene rings is 2. The second-order valence-electron chi connectivity index (χ2n) is 7.96. The first-order valence-electron chi connectivity index (χ1n) is 10.6. The Labute approximate surface area is 190 Å². The SMILES string of the molecule is Cc1cc(C=CC(=O)N2CC(C(N)=O)Oc3ccccc32)c(C)n1-c1ccc2c(c1)OCO2. The molecule has 8 nitrogen and oxygen atoms in total. The molecule has 0 saturated carbocycles. The van der Waals surface area contributed by atoms with Crippen molar-refractivity contribution < 1.29 is 23.8 Å². The summed E-state index contributed by atoms with van der Waals surface area (Å²) in [6.45, 7) is 4.28. The van der Waals surface area contributed by atoms with Crippen molar-refractivity contribution in [3.63, 3.8) is 0 Å². The summed E-state index contributed by atoms with van der Waals surface area (Å²) in [5.74, 6) is 1.02. The van der Waals surface area contributed by atoms with Crippen LogP contribution in [0.5, 0.6) is 17.2 Å². The summed E-state index contributed by atoms with van der Waals surface area (Å²) in [4.78, 5) is 26.3. The van der Waals surface area contributed by atoms with Crippen molar-refractivity contribution in [3.05, 3.63) is 71.6 Å². The Hall–Kier alpha value is -4.20. The Morgan fingerprint density at radius 3 is 2.64 bits per heavy atom. The van der Waals surface area contributed by atoms with Crippen LogP contribution >= 0.6 is 0 Å². The van der Waals surface area contributed by atoms with Crippen LogP contribution in [0.2, 0.25) is 0 Å². The number of nitrogens with two attached hydrogens (primary N) is 1. The minimum Gasteiger partial charge on any atom is -0.477 e. The number of aryl methyl sites for hydroxylation is 1. The van der Waals surface area contributed by atoms with Gasteiger partial charge in [0.05, 0.1) is 12.2 Å². The fourth-order valence-corrected chi connectivity index (χ4v) is 4.22. The molecule has 0 bridgehead atoms. The predicted octanol–water partition coefficient (Wildman–Crippen LogP) is 3.12. The van der Waals surface area contributed by atoms with Crippen molar-refractivity contribution in [2.75, 3.05) is 18.2 Å². The molecule has 168 valence electrons. The van der Waals surface area contributed by atoms with Crippen LogP contribution in [0, 0.1) is 13.8 Å². The molecule has 8 heteroatoms. The number of anilines is 1. The Bertz CT molecular complexity index is 1290. The van der Waals surface area contributed by atoms with Gasteiger partial charge in [0, 0.05) is 29.2 Å². The molecule has 33 heavy (non-hydrogen) atoms. The smallest absolute Gasteiger partial charge is 0.260 e. The Morgan fingerprint density at radius 1 is 1.03 bits per heavy atom. The van der Waals surface area contributed by atoms with E-state index in [4.69, 9.17) is 19.9 Å². The maximum atomic E-state index is 13.1. The largest absolute Gasteiger partial charge is 0.477 e. The zero-order valence-corrected chi connectivity index (χ0v) is 18.3. The average molecular weight is 445 g/mol. The summed E-state index contributed by atoms with van der Waals surface area (Å²) >= 11 is 0. The molecular formula is C25H23N3O5. The molecule has 0 fully saturated rings. The van der Waals surface area contributed by atoms with Crippen LogP contribution in [0.15, 0.2) is 54.6 Å². The third kappa shape index (κ3) is 3.69. The van der Waals surface area contributed by atoms with E-state index in [2.05, 4.69) is 4.57 Å². The van der Waals surface area contributed by atoms with E-state index in [1.165, 1.54) is 11.0 Å². The minimum absolute atomic E-state index is 0.0612. The molecule has 2 aliphatic heterocycles. The van der Waals surface area contributed by atoms with Crippen molar-refractivity contribution in [3.8, 4) is 22.9 Å². The van der Waals surface area contributed by atoms with Gasteiger partial charge >= 0.3 is 0 Å². The van der Waals surface area contributed by atoms with Gasteiger partial charge in [-0.05, 0) is 55.8 Å². The highest BCUT2D eigenvalue weighted by Gasteiger charge is 2.31. The number of aromatic nitrogens is 1. The second-order valence-corrected chi connectivity index (χ2v) is 7.96. The van der Waals surface area contributed by atoms with Gasteiger partial charge in [0.1, 0.15) is 5.75 Å². The minimum atomic E-state index is -0.895. The molecule has 1 aromatic heterocycles. The summed E-state index contributed by atoms with van der Waals surface area (Å²) in [5, 5.41) is 0. The van der Waals surface area contributed by atoms with E-state index in [0.717, 1.165) is 28.4 Å². The van der Waals surface area contributed by atoms with Crippen molar-refractivity contribution >= 4 is 23.6 Å². The third-order valence-corrected chi connectivity index (χ3v) is 5.85. The average Bonchev–Trinajstić information content (AvgIpc) is 3.39. The summed E-state index contributed by atoms with van der Waals surface area (Å²) < 4.78 is 18.6. The van der Waals surface area contributed by atoms with Gasteiger partial charge in [-0.15, -0.1) is 0 Å². The first-order chi connectivity index (χ1) is 15.9. The number of fused-ring (bicyclic) bond motifs is 2. The van der Waals surface area contributed by atoms with Crippen molar-refractivity contribution in [1.82, 2.24) is 4.57 Å². The van der Waals surface area contributed by atoms with Crippen LogP contribution in [0.1, 0.15) is 17.0 Å². The van der Waals surface area contributed by atoms with Gasteiger partial charge in [-0.2, -0.15) is 0 Å². The fourth-order valence-electron chi connectivity index (χ4n) is 4.22. The van der Waals surface area contributed by atoms with Gasteiger partial charge < -0.3 is 29.4 Å². The molecule has 2 amide bonds. The Morgan fingerprint density at radius 2 is 1.82 bits per heavy atom. The van der Waals surface area contributed by atoms with Crippen LogP contribution in [0.3, 0.4) is 0 Å². The Kier molecular flexibility index (Phi) is 5.05. The first-order valence-corrected chi connectivity index (χ1v) is 10.6. The third-order valence-electron chi connectivity index (χ3n) is 5.85. The number of primary amides is 1. The molecule has 3 heterocycles. The van der Waals surface area contributed by atoms with Crippen LogP contribution in [0.25, 0.3) is 11.8 Å². The highest BCUT2D eigenvalue weighted by Crippen LogP contribution is 2.35. The lowest BCUT2D eigenvalue weighted by molar-refractivity contribution is -0.125. The van der Waals surface area contributed by atoms with Crippen LogP contribution in [0.4, 0.5) is 5.69 Å². The lowest BCUT2D eigenvalue weighted by atomic mass is 10.1. The van der Waals surface area contributed by atoms with Gasteiger partial charge in [0.25, 0.3) is 11.8 Å². The lowest BCUT2D eigenvalue weighted by Crippen LogP contribution is -2.49. The molecule has 2 N–H and O–H groups in total. The number of nitrogens with zero attached hydrogens (tertiary/aromatic N) is 2. The zero-order valence-electron chi connectivity index (χ0n) is 18.3. The highest BCUT2D eigenvalue weighted by molar-refractivity contribution is 6.05.